The van der Waals surface area contributed by atoms with E-state index in [1.807, 2.05) is 13.8 Å². The topological polar surface area (TPSA) is 128 Å². The molecule has 0 radical (unpaired) electrons. The number of H-pyrrole nitrogens is 1. The number of aromatic nitrogens is 4. The van der Waals surface area contributed by atoms with Crippen molar-refractivity contribution in [3.8, 4) is 0 Å². The van der Waals surface area contributed by atoms with Crippen LogP contribution in [0.2, 0.25) is 0 Å². The zero-order valence-corrected chi connectivity index (χ0v) is 18.5. The maximum atomic E-state index is 13.0. The Balaban J connectivity index is 1.93. The molecule has 2 aromatic heterocycles. The molecule has 170 valence electrons. The molecule has 31 heavy (non-hydrogen) atoms. The summed E-state index contributed by atoms with van der Waals surface area (Å²) in [5.41, 5.74) is -1.44. The second kappa shape index (κ2) is 9.49. The summed E-state index contributed by atoms with van der Waals surface area (Å²) in [4.78, 5) is 56.3. The molecule has 0 unspecified atom stereocenters. The van der Waals surface area contributed by atoms with E-state index in [0.29, 0.717) is 42.9 Å². The number of aromatic amines is 1. The van der Waals surface area contributed by atoms with Crippen LogP contribution in [0.15, 0.2) is 9.59 Å². The van der Waals surface area contributed by atoms with Gasteiger partial charge in [0.2, 0.25) is 5.91 Å². The van der Waals surface area contributed by atoms with Gasteiger partial charge < -0.3 is 14.6 Å². The van der Waals surface area contributed by atoms with Crippen LogP contribution in [0.1, 0.15) is 71.5 Å². The van der Waals surface area contributed by atoms with Crippen molar-refractivity contribution in [3.05, 3.63) is 26.7 Å². The number of amides is 1. The molecule has 1 amide bonds. The van der Waals surface area contributed by atoms with Gasteiger partial charge >= 0.3 is 11.7 Å². The number of rotatable bonds is 8. The van der Waals surface area contributed by atoms with E-state index in [4.69, 9.17) is 4.74 Å². The fourth-order valence-electron chi connectivity index (χ4n) is 4.33. The number of carbonyl (C=O) groups is 2. The molecule has 0 bridgehead atoms. The molecule has 1 saturated carbocycles. The monoisotopic (exact) mass is 433 g/mol. The number of nitrogens with one attached hydrogen (secondary N) is 2. The molecule has 2 heterocycles. The normalized spacial score (nSPS) is 15.7. The van der Waals surface area contributed by atoms with E-state index >= 15 is 0 Å². The van der Waals surface area contributed by atoms with Gasteiger partial charge in [0.1, 0.15) is 18.0 Å². The highest BCUT2D eigenvalue weighted by Gasteiger charge is 2.42. The van der Waals surface area contributed by atoms with Crippen LogP contribution in [0.4, 0.5) is 0 Å². The fourth-order valence-corrected chi connectivity index (χ4v) is 4.33. The Morgan fingerprint density at radius 2 is 1.87 bits per heavy atom. The van der Waals surface area contributed by atoms with Crippen molar-refractivity contribution in [3.63, 3.8) is 0 Å². The molecule has 2 N–H and O–H groups in total. The third-order valence-electron chi connectivity index (χ3n) is 5.86. The zero-order chi connectivity index (χ0) is 22.6. The summed E-state index contributed by atoms with van der Waals surface area (Å²) in [6.07, 6.45) is 5.40. The predicted octanol–water partition coefficient (Wildman–Crippen LogP) is 1.59. The summed E-state index contributed by atoms with van der Waals surface area (Å²) in [7, 11) is 0. The lowest BCUT2D eigenvalue weighted by Crippen LogP contribution is -2.55. The average molecular weight is 434 g/mol. The van der Waals surface area contributed by atoms with E-state index in [-0.39, 0.29) is 12.5 Å². The molecular weight excluding hydrogens is 402 g/mol. The molecule has 10 nitrogen and oxygen atoms in total. The Morgan fingerprint density at radius 1 is 1.16 bits per heavy atom. The van der Waals surface area contributed by atoms with Crippen molar-refractivity contribution in [1.82, 2.24) is 24.4 Å². The first kappa shape index (κ1) is 22.8. The minimum atomic E-state index is -1.02. The van der Waals surface area contributed by atoms with Crippen LogP contribution >= 0.6 is 0 Å². The Hall–Kier alpha value is -2.91. The first-order valence-corrected chi connectivity index (χ1v) is 11.0. The molecular formula is C21H31N5O5. The van der Waals surface area contributed by atoms with Gasteiger partial charge in [-0.05, 0) is 26.2 Å². The lowest BCUT2D eigenvalue weighted by molar-refractivity contribution is -0.157. The maximum absolute atomic E-state index is 13.0. The van der Waals surface area contributed by atoms with Gasteiger partial charge in [-0.15, -0.1) is 0 Å². The molecule has 3 rings (SSSR count). The first-order chi connectivity index (χ1) is 14.8. The van der Waals surface area contributed by atoms with Crippen molar-refractivity contribution < 1.29 is 14.3 Å². The SMILES string of the molecule is CCCCn1c(=O)[nH]c(=O)c2c1nc(COC(=O)C1(NC(C)=O)CCCCC1)n2CC. The van der Waals surface area contributed by atoms with E-state index in [2.05, 4.69) is 15.3 Å². The van der Waals surface area contributed by atoms with Crippen LogP contribution in [0.5, 0.6) is 0 Å². The Bertz CT molecular complexity index is 1070. The van der Waals surface area contributed by atoms with Gasteiger partial charge in [0.05, 0.1) is 0 Å². The number of hydrogen-bond donors (Lipinski definition) is 2. The first-order valence-electron chi connectivity index (χ1n) is 11.0. The predicted molar refractivity (Wildman–Crippen MR) is 115 cm³/mol. The summed E-state index contributed by atoms with van der Waals surface area (Å²) in [6, 6.07) is 0. The number of hydrogen-bond acceptors (Lipinski definition) is 6. The Kier molecular flexibility index (Phi) is 6.97. The van der Waals surface area contributed by atoms with Crippen LogP contribution < -0.4 is 16.6 Å². The van der Waals surface area contributed by atoms with Gasteiger partial charge in [-0.2, -0.15) is 0 Å². The Labute approximate surface area is 180 Å². The smallest absolute Gasteiger partial charge is 0.332 e. The zero-order valence-electron chi connectivity index (χ0n) is 18.5. The minimum Gasteiger partial charge on any atom is -0.456 e. The number of nitrogens with zero attached hydrogens (tertiary/aromatic N) is 3. The van der Waals surface area contributed by atoms with Gasteiger partial charge in [-0.1, -0.05) is 32.6 Å². The van der Waals surface area contributed by atoms with Crippen LogP contribution in [-0.4, -0.2) is 36.5 Å². The summed E-state index contributed by atoms with van der Waals surface area (Å²) in [6.45, 7) is 5.97. The van der Waals surface area contributed by atoms with Crippen LogP contribution in [0, 0.1) is 0 Å². The third-order valence-corrected chi connectivity index (χ3v) is 5.86. The van der Waals surface area contributed by atoms with Crippen molar-refractivity contribution in [2.75, 3.05) is 0 Å². The third kappa shape index (κ3) is 4.57. The molecule has 2 aromatic rings. The number of esters is 1. The van der Waals surface area contributed by atoms with Gasteiger partial charge in [0.25, 0.3) is 5.56 Å². The van der Waals surface area contributed by atoms with E-state index in [1.165, 1.54) is 11.5 Å². The standard InChI is InChI=1S/C21H31N5O5/c1-4-6-12-26-17-16(18(28)23-20(26)30)25(5-2)15(22-17)13-31-19(29)21(24-14(3)27)10-8-7-9-11-21/h4-13H2,1-3H3,(H,24,27)(H,23,28,30). The average Bonchev–Trinajstić information content (AvgIpc) is 3.10. The summed E-state index contributed by atoms with van der Waals surface area (Å²) >= 11 is 0. The highest BCUT2D eigenvalue weighted by Crippen LogP contribution is 2.30. The number of carbonyl (C=O) groups excluding carboxylic acids is 2. The van der Waals surface area contributed by atoms with Gasteiger partial charge in [-0.3, -0.25) is 19.1 Å². The molecule has 0 saturated heterocycles. The second-order valence-corrected chi connectivity index (χ2v) is 8.11. The molecule has 0 atom stereocenters. The van der Waals surface area contributed by atoms with Crippen LogP contribution in [0.25, 0.3) is 11.2 Å². The summed E-state index contributed by atoms with van der Waals surface area (Å²) < 4.78 is 8.72. The van der Waals surface area contributed by atoms with E-state index in [0.717, 1.165) is 32.1 Å². The largest absolute Gasteiger partial charge is 0.456 e. The lowest BCUT2D eigenvalue weighted by Gasteiger charge is -2.35. The maximum Gasteiger partial charge on any atom is 0.332 e. The van der Waals surface area contributed by atoms with E-state index < -0.39 is 22.8 Å². The lowest BCUT2D eigenvalue weighted by atomic mass is 9.81. The van der Waals surface area contributed by atoms with Crippen LogP contribution in [-0.2, 0) is 34.0 Å². The highest BCUT2D eigenvalue weighted by atomic mass is 16.5. The molecule has 1 aliphatic carbocycles. The summed E-state index contributed by atoms with van der Waals surface area (Å²) in [5, 5.41) is 2.79. The van der Waals surface area contributed by atoms with E-state index in [1.54, 1.807) is 4.57 Å². The van der Waals surface area contributed by atoms with Crippen molar-refractivity contribution in [2.45, 2.75) is 91.0 Å². The van der Waals surface area contributed by atoms with Gasteiger partial charge in [0.15, 0.2) is 11.2 Å². The number of ether oxygens (including phenoxy) is 1. The molecule has 0 spiro atoms. The van der Waals surface area contributed by atoms with Crippen molar-refractivity contribution in [1.29, 1.82) is 0 Å². The number of fused-ring (bicyclic) bond motifs is 1. The highest BCUT2D eigenvalue weighted by molar-refractivity contribution is 5.87. The second-order valence-electron chi connectivity index (χ2n) is 8.11. The number of aryl methyl sites for hydroxylation is 2. The Morgan fingerprint density at radius 3 is 2.48 bits per heavy atom. The van der Waals surface area contributed by atoms with Gasteiger partial charge in [0, 0.05) is 20.0 Å². The van der Waals surface area contributed by atoms with Gasteiger partial charge in [-0.25, -0.2) is 14.6 Å². The molecule has 0 aliphatic heterocycles. The van der Waals surface area contributed by atoms with Crippen molar-refractivity contribution in [2.24, 2.45) is 0 Å². The quantitative estimate of drug-likeness (QED) is 0.609. The van der Waals surface area contributed by atoms with Crippen LogP contribution in [0.3, 0.4) is 0 Å². The molecule has 1 aliphatic rings. The number of imidazole rings is 1. The minimum absolute atomic E-state index is 0.149. The summed E-state index contributed by atoms with van der Waals surface area (Å²) in [5.74, 6) is -0.374. The van der Waals surface area contributed by atoms with Crippen molar-refractivity contribution >= 4 is 23.0 Å². The fraction of sp³-hybridized carbons (Fsp3) is 0.667. The molecule has 1 fully saturated rings. The molecule has 10 heteroatoms. The number of unbranched alkanes of at least 4 members (excludes halogenated alkanes) is 1. The van der Waals surface area contributed by atoms with E-state index in [9.17, 15) is 19.2 Å². The molecule has 0 aromatic carbocycles.